The van der Waals surface area contributed by atoms with Crippen molar-refractivity contribution in [3.8, 4) is 39.5 Å². The van der Waals surface area contributed by atoms with Crippen molar-refractivity contribution in [2.75, 3.05) is 0 Å². The van der Waals surface area contributed by atoms with Crippen LogP contribution >= 0.6 is 11.3 Å². The number of pyridine rings is 1. The Kier molecular flexibility index (Phi) is 12.3. The normalized spacial score (nSPS) is 12.7. The van der Waals surface area contributed by atoms with Gasteiger partial charge in [-0.3, -0.25) is 16.3 Å². The number of rotatable bonds is 9. The van der Waals surface area contributed by atoms with Crippen LogP contribution in [-0.4, -0.2) is 22.6 Å². The van der Waals surface area contributed by atoms with Crippen LogP contribution < -0.4 is 5.19 Å². The standard InChI is InChI=1S/C34H31N2S.C18H24NSi.Ir/c1-21(2)27-18-25(24-11-7-6-8-12-24)19-28(22(3)4)33(27)36-31-14-10-9-13-30(31)35-34(36)29-20-37-32-17-23(5)15-16-26(29)32;1-14(2)11-16-12-17(15-9-7-6-8-10-15)19-13-18(16)20(3,4)5;/h6-19,21-22H,1-5H3;6-9,12-14H,11H2,1-5H3;/q2*-1;/i5D3;;. The van der Waals surface area contributed by atoms with Gasteiger partial charge in [-0.15, -0.1) is 47.3 Å². The molecule has 6 heteroatoms. The summed E-state index contributed by atoms with van der Waals surface area (Å²) >= 11 is 1.45. The third kappa shape index (κ3) is 9.22. The fourth-order valence-electron chi connectivity index (χ4n) is 7.66. The number of hydrogen-bond acceptors (Lipinski definition) is 3. The minimum absolute atomic E-state index is 0. The molecular weight excluding hydrogens is 919 g/mol. The van der Waals surface area contributed by atoms with E-state index in [1.165, 1.54) is 50.0 Å². The zero-order chi connectivity index (χ0) is 42.9. The van der Waals surface area contributed by atoms with Crippen molar-refractivity contribution in [3.05, 3.63) is 155 Å². The summed E-state index contributed by atoms with van der Waals surface area (Å²) in [5.41, 5.74) is 12.9. The van der Waals surface area contributed by atoms with Crippen LogP contribution in [0.4, 0.5) is 0 Å². The van der Waals surface area contributed by atoms with E-state index >= 15 is 0 Å². The van der Waals surface area contributed by atoms with Crippen molar-refractivity contribution in [3.63, 3.8) is 0 Å². The number of thiophene rings is 1. The smallest absolute Gasteiger partial charge is 0.0798 e. The molecule has 58 heavy (non-hydrogen) atoms. The second-order valence-corrected chi connectivity index (χ2v) is 23.0. The molecule has 0 aliphatic rings. The van der Waals surface area contributed by atoms with E-state index in [0.717, 1.165) is 50.2 Å². The van der Waals surface area contributed by atoms with Crippen LogP contribution in [0.25, 0.3) is 60.6 Å². The van der Waals surface area contributed by atoms with E-state index in [-0.39, 0.29) is 31.9 Å². The van der Waals surface area contributed by atoms with E-state index in [0.29, 0.717) is 11.5 Å². The third-order valence-corrected chi connectivity index (χ3v) is 13.4. The molecule has 0 unspecified atom stereocenters. The SMILES string of the molecule is CC(C)Cc1cc(-c2[c-]cccc2)ncc1[Si](C)(C)C.[2H]C([2H])([2H])c1ccc2c(-c3nc4ccccc4n3-c3c(C(C)C)cc(-c4ccccc4)cc3C(C)C)[c-]sc2c1.[Ir]. The molecule has 0 fully saturated rings. The summed E-state index contributed by atoms with van der Waals surface area (Å²) in [6.45, 7) is 18.6. The average Bonchev–Trinajstić information content (AvgIpc) is 3.81. The Hall–Kier alpha value is -4.45. The van der Waals surface area contributed by atoms with Crippen molar-refractivity contribution >= 4 is 45.7 Å². The Labute approximate surface area is 369 Å². The largest absolute Gasteiger partial charge is 0.333 e. The summed E-state index contributed by atoms with van der Waals surface area (Å²) in [5, 5.41) is 5.95. The number of imidazole rings is 1. The van der Waals surface area contributed by atoms with E-state index in [4.69, 9.17) is 9.10 Å². The first-order valence-electron chi connectivity index (χ1n) is 21.6. The summed E-state index contributed by atoms with van der Waals surface area (Å²) in [7, 11) is -1.34. The molecule has 0 N–H and O–H groups in total. The van der Waals surface area contributed by atoms with Crippen molar-refractivity contribution in [1.82, 2.24) is 14.5 Å². The summed E-state index contributed by atoms with van der Waals surface area (Å²) in [6.07, 6.45) is 3.24. The summed E-state index contributed by atoms with van der Waals surface area (Å²) in [4.78, 5) is 9.85. The van der Waals surface area contributed by atoms with E-state index in [9.17, 15) is 0 Å². The van der Waals surface area contributed by atoms with Gasteiger partial charge in [0.15, 0.2) is 0 Å². The van der Waals surface area contributed by atoms with E-state index in [2.05, 4.69) is 161 Å². The molecule has 0 aliphatic carbocycles. The number of nitrogens with zero attached hydrogens (tertiary/aromatic N) is 3. The maximum Gasteiger partial charge on any atom is 0.0798 e. The van der Waals surface area contributed by atoms with Crippen LogP contribution in [0.5, 0.6) is 0 Å². The van der Waals surface area contributed by atoms with Gasteiger partial charge in [0.1, 0.15) is 0 Å². The van der Waals surface area contributed by atoms with Crippen LogP contribution in [0.2, 0.25) is 19.6 Å². The van der Waals surface area contributed by atoms with Crippen LogP contribution in [0.3, 0.4) is 0 Å². The first-order chi connectivity index (χ1) is 28.5. The Morgan fingerprint density at radius 1 is 0.776 bits per heavy atom. The first kappa shape index (κ1) is 39.0. The van der Waals surface area contributed by atoms with Gasteiger partial charge in [-0.1, -0.05) is 149 Å². The predicted molar refractivity (Wildman–Crippen MR) is 249 cm³/mol. The van der Waals surface area contributed by atoms with E-state index < -0.39 is 14.9 Å². The number of hydrogen-bond donors (Lipinski definition) is 0. The van der Waals surface area contributed by atoms with Crippen LogP contribution in [0.1, 0.15) is 79.7 Å². The van der Waals surface area contributed by atoms with Gasteiger partial charge in [-0.2, -0.15) is 0 Å². The van der Waals surface area contributed by atoms with Crippen molar-refractivity contribution in [1.29, 1.82) is 0 Å². The zero-order valence-electron chi connectivity index (χ0n) is 38.1. The number of para-hydroxylation sites is 2. The number of aryl methyl sites for hydroxylation is 1. The van der Waals surface area contributed by atoms with E-state index in [1.807, 2.05) is 30.3 Å². The quantitative estimate of drug-likeness (QED) is 0.107. The molecular formula is C52H55IrN3SSi-2. The molecule has 3 nitrogen and oxygen atoms in total. The summed E-state index contributed by atoms with van der Waals surface area (Å²) in [5.74, 6) is 2.04. The van der Waals surface area contributed by atoms with Gasteiger partial charge < -0.3 is 9.55 Å². The van der Waals surface area contributed by atoms with Crippen LogP contribution in [0, 0.1) is 24.2 Å². The van der Waals surface area contributed by atoms with Crippen LogP contribution in [0.15, 0.2) is 121 Å². The number of benzene rings is 5. The third-order valence-electron chi connectivity index (χ3n) is 10.5. The van der Waals surface area contributed by atoms with Crippen molar-refractivity contribution in [2.24, 2.45) is 5.92 Å². The Bertz CT molecular complexity index is 2720. The molecule has 0 spiro atoms. The topological polar surface area (TPSA) is 30.7 Å². The van der Waals surface area contributed by atoms with Gasteiger partial charge in [0.25, 0.3) is 0 Å². The molecule has 299 valence electrons. The van der Waals surface area contributed by atoms with Gasteiger partial charge in [-0.05, 0) is 88.4 Å². The number of aromatic nitrogens is 3. The Morgan fingerprint density at radius 3 is 2.10 bits per heavy atom. The Morgan fingerprint density at radius 2 is 1.47 bits per heavy atom. The van der Waals surface area contributed by atoms with Gasteiger partial charge in [0.2, 0.25) is 0 Å². The second kappa shape index (κ2) is 18.2. The van der Waals surface area contributed by atoms with Crippen LogP contribution in [-0.2, 0) is 26.5 Å². The average molecular weight is 977 g/mol. The molecule has 8 rings (SSSR count). The summed E-state index contributed by atoms with van der Waals surface area (Å²) < 4.78 is 26.8. The molecule has 0 atom stereocenters. The Balaban J connectivity index is 0.000000250. The molecule has 3 aromatic heterocycles. The molecule has 0 bridgehead atoms. The van der Waals surface area contributed by atoms with Gasteiger partial charge >= 0.3 is 0 Å². The summed E-state index contributed by atoms with van der Waals surface area (Å²) in [6, 6.07) is 42.5. The fraction of sp³-hybridized carbons (Fsp3) is 0.269. The molecule has 8 aromatic rings. The fourth-order valence-corrected chi connectivity index (χ4v) is 10.1. The zero-order valence-corrected chi connectivity index (χ0v) is 39.3. The van der Waals surface area contributed by atoms with Crippen molar-refractivity contribution < 1.29 is 24.2 Å². The number of fused-ring (bicyclic) bond motifs is 2. The second-order valence-electron chi connectivity index (χ2n) is 17.1. The monoisotopic (exact) mass is 977 g/mol. The molecule has 5 aromatic carbocycles. The van der Waals surface area contributed by atoms with E-state index in [1.54, 1.807) is 12.1 Å². The van der Waals surface area contributed by atoms with Gasteiger partial charge in [-0.25, -0.2) is 0 Å². The molecule has 0 saturated heterocycles. The maximum absolute atomic E-state index is 7.86. The minimum atomic E-state index is -2.15. The maximum atomic E-state index is 7.86. The molecule has 3 heterocycles. The predicted octanol–water partition coefficient (Wildman–Crippen LogP) is 14.2. The first-order valence-corrected chi connectivity index (χ1v) is 24.5. The molecule has 0 saturated carbocycles. The molecule has 0 amide bonds. The molecule has 0 aliphatic heterocycles. The van der Waals surface area contributed by atoms with Crippen molar-refractivity contribution in [2.45, 2.75) is 86.3 Å². The van der Waals surface area contributed by atoms with Gasteiger partial charge in [0, 0.05) is 36.1 Å². The minimum Gasteiger partial charge on any atom is -0.333 e. The van der Waals surface area contributed by atoms with Gasteiger partial charge in [0.05, 0.1) is 24.9 Å². The molecule has 1 radical (unpaired) electrons.